The molecule has 0 saturated heterocycles. The lowest BCUT2D eigenvalue weighted by Gasteiger charge is -2.04. The van der Waals surface area contributed by atoms with E-state index in [1.807, 2.05) is 0 Å². The number of pyridine rings is 1. The van der Waals surface area contributed by atoms with Crippen LogP contribution in [-0.2, 0) is 6.18 Å². The van der Waals surface area contributed by atoms with Crippen molar-refractivity contribution >= 4 is 0 Å². The summed E-state index contributed by atoms with van der Waals surface area (Å²) in [7, 11) is 0. The van der Waals surface area contributed by atoms with Gasteiger partial charge in [-0.05, 0) is 12.1 Å². The molecule has 76 valence electrons. The van der Waals surface area contributed by atoms with Gasteiger partial charge >= 0.3 is 6.18 Å². The summed E-state index contributed by atoms with van der Waals surface area (Å²) in [6.07, 6.45) is -3.43. The molecule has 15 heavy (non-hydrogen) atoms. The molecule has 1 aromatic heterocycles. The fourth-order valence-electron chi connectivity index (χ4n) is 0.849. The molecular formula is C10H5F3N2. The van der Waals surface area contributed by atoms with Gasteiger partial charge in [0, 0.05) is 11.8 Å². The number of alkyl halides is 3. The fourth-order valence-corrected chi connectivity index (χ4v) is 0.849. The van der Waals surface area contributed by atoms with E-state index in [2.05, 4.69) is 16.8 Å². The van der Waals surface area contributed by atoms with Crippen molar-refractivity contribution in [2.45, 2.75) is 12.6 Å². The van der Waals surface area contributed by atoms with Crippen molar-refractivity contribution in [1.29, 1.82) is 5.26 Å². The molecule has 1 rings (SSSR count). The van der Waals surface area contributed by atoms with Crippen molar-refractivity contribution in [2.24, 2.45) is 0 Å². The number of nitrogens with zero attached hydrogens (tertiary/aromatic N) is 2. The first-order valence-electron chi connectivity index (χ1n) is 3.93. The second-order valence-corrected chi connectivity index (χ2v) is 2.56. The molecule has 1 aromatic rings. The molecule has 0 spiro atoms. The summed E-state index contributed by atoms with van der Waals surface area (Å²) >= 11 is 0. The number of aromatic nitrogens is 1. The third-order valence-corrected chi connectivity index (χ3v) is 1.45. The predicted molar refractivity (Wildman–Crippen MR) is 46.3 cm³/mol. The molecule has 0 unspecified atom stereocenters. The Labute approximate surface area is 84.4 Å². The lowest BCUT2D eigenvalue weighted by atomic mass is 10.2. The highest BCUT2D eigenvalue weighted by Gasteiger charge is 2.32. The first-order chi connectivity index (χ1) is 7.04. The summed E-state index contributed by atoms with van der Waals surface area (Å²) in [5.41, 5.74) is -0.779. The number of rotatable bonds is 0. The van der Waals surface area contributed by atoms with Gasteiger partial charge in [0.25, 0.3) is 0 Å². The van der Waals surface area contributed by atoms with Gasteiger partial charge < -0.3 is 0 Å². The van der Waals surface area contributed by atoms with Gasteiger partial charge in [0.15, 0.2) is 0 Å². The summed E-state index contributed by atoms with van der Waals surface area (Å²) in [4.78, 5) is 3.18. The van der Waals surface area contributed by atoms with Crippen LogP contribution in [-0.4, -0.2) is 4.98 Å². The van der Waals surface area contributed by atoms with E-state index in [0.717, 1.165) is 12.3 Å². The minimum Gasteiger partial charge on any atom is -0.252 e. The summed E-state index contributed by atoms with van der Waals surface area (Å²) in [5.74, 6) is 4.87. The molecule has 0 amide bonds. The van der Waals surface area contributed by atoms with E-state index in [9.17, 15) is 13.2 Å². The van der Waals surface area contributed by atoms with E-state index < -0.39 is 11.9 Å². The Bertz CT molecular complexity index is 446. The molecule has 0 fully saturated rings. The zero-order valence-electron chi connectivity index (χ0n) is 7.47. The summed E-state index contributed by atoms with van der Waals surface area (Å²) < 4.78 is 36.6. The van der Waals surface area contributed by atoms with Crippen molar-refractivity contribution in [2.75, 3.05) is 0 Å². The van der Waals surface area contributed by atoms with Crippen molar-refractivity contribution in [3.63, 3.8) is 0 Å². The van der Waals surface area contributed by atoms with Crippen LogP contribution in [0.15, 0.2) is 18.3 Å². The smallest absolute Gasteiger partial charge is 0.252 e. The lowest BCUT2D eigenvalue weighted by Crippen LogP contribution is -2.07. The van der Waals surface area contributed by atoms with E-state index in [4.69, 9.17) is 5.26 Å². The largest absolute Gasteiger partial charge is 0.433 e. The fraction of sp³-hybridized carbons (Fsp3) is 0.200. The molecule has 0 atom stereocenters. The summed E-state index contributed by atoms with van der Waals surface area (Å²) in [5, 5.41) is 8.18. The maximum absolute atomic E-state index is 12.2. The molecule has 0 aliphatic heterocycles. The summed E-state index contributed by atoms with van der Waals surface area (Å²) in [6.45, 7) is 0. The van der Waals surface area contributed by atoms with Crippen molar-refractivity contribution < 1.29 is 13.2 Å². The number of nitriles is 1. The maximum atomic E-state index is 12.2. The van der Waals surface area contributed by atoms with Crippen LogP contribution in [0.2, 0.25) is 0 Å². The first kappa shape index (κ1) is 11.1. The molecule has 0 aromatic carbocycles. The molecule has 0 N–H and O–H groups in total. The second-order valence-electron chi connectivity index (χ2n) is 2.56. The molecule has 0 aliphatic rings. The number of hydrogen-bond acceptors (Lipinski definition) is 2. The van der Waals surface area contributed by atoms with Crippen LogP contribution in [0.1, 0.15) is 17.7 Å². The van der Waals surface area contributed by atoms with Gasteiger partial charge in [-0.3, -0.25) is 4.98 Å². The van der Waals surface area contributed by atoms with Crippen LogP contribution in [0.4, 0.5) is 13.2 Å². The number of halogens is 3. The molecule has 2 nitrogen and oxygen atoms in total. The van der Waals surface area contributed by atoms with Crippen LogP contribution in [0.5, 0.6) is 0 Å². The van der Waals surface area contributed by atoms with Crippen LogP contribution in [0.3, 0.4) is 0 Å². The molecule has 1 heterocycles. The van der Waals surface area contributed by atoms with Gasteiger partial charge in [0.1, 0.15) is 5.69 Å². The quantitative estimate of drug-likeness (QED) is 0.616. The highest BCUT2D eigenvalue weighted by Crippen LogP contribution is 2.27. The average molecular weight is 210 g/mol. The highest BCUT2D eigenvalue weighted by atomic mass is 19.4. The first-order valence-corrected chi connectivity index (χ1v) is 3.93. The van der Waals surface area contributed by atoms with Gasteiger partial charge in [0.05, 0.1) is 12.5 Å². The van der Waals surface area contributed by atoms with E-state index in [1.54, 1.807) is 6.07 Å². The Morgan fingerprint density at radius 2 is 2.13 bits per heavy atom. The van der Waals surface area contributed by atoms with Crippen LogP contribution in [0.25, 0.3) is 0 Å². The summed E-state index contributed by atoms with van der Waals surface area (Å²) in [6, 6.07) is 3.98. The van der Waals surface area contributed by atoms with Gasteiger partial charge in [0.2, 0.25) is 0 Å². The Hall–Kier alpha value is -2.01. The zero-order valence-corrected chi connectivity index (χ0v) is 7.47. The molecule has 0 bridgehead atoms. The SMILES string of the molecule is N#CCC#Cc1ccnc(C(F)(F)F)c1. The van der Waals surface area contributed by atoms with Gasteiger partial charge in [-0.2, -0.15) is 18.4 Å². The van der Waals surface area contributed by atoms with Crippen molar-refractivity contribution in [3.05, 3.63) is 29.6 Å². The molecule has 0 aliphatic carbocycles. The Morgan fingerprint density at radius 1 is 1.40 bits per heavy atom. The average Bonchev–Trinajstić information content (AvgIpc) is 2.17. The highest BCUT2D eigenvalue weighted by molar-refractivity contribution is 5.35. The molecular weight excluding hydrogens is 205 g/mol. The van der Waals surface area contributed by atoms with Gasteiger partial charge in [-0.25, -0.2) is 0 Å². The van der Waals surface area contributed by atoms with Crippen LogP contribution >= 0.6 is 0 Å². The van der Waals surface area contributed by atoms with Gasteiger partial charge in [-0.1, -0.05) is 11.8 Å². The normalized spacial score (nSPS) is 10.0. The molecule has 5 heteroatoms. The molecule has 0 radical (unpaired) electrons. The Morgan fingerprint density at radius 3 is 2.73 bits per heavy atom. The van der Waals surface area contributed by atoms with Gasteiger partial charge in [-0.15, -0.1) is 0 Å². The van der Waals surface area contributed by atoms with E-state index in [-0.39, 0.29) is 12.0 Å². The van der Waals surface area contributed by atoms with Crippen LogP contribution < -0.4 is 0 Å². The van der Waals surface area contributed by atoms with E-state index in [0.29, 0.717) is 0 Å². The second kappa shape index (κ2) is 4.47. The number of hydrogen-bond donors (Lipinski definition) is 0. The van der Waals surface area contributed by atoms with E-state index >= 15 is 0 Å². The Kier molecular flexibility index (Phi) is 3.30. The minimum absolute atomic E-state index is 0.0102. The van der Waals surface area contributed by atoms with Crippen molar-refractivity contribution in [3.8, 4) is 17.9 Å². The lowest BCUT2D eigenvalue weighted by molar-refractivity contribution is -0.141. The van der Waals surface area contributed by atoms with Crippen molar-refractivity contribution in [1.82, 2.24) is 4.98 Å². The Balaban J connectivity index is 2.96. The monoisotopic (exact) mass is 210 g/mol. The molecule has 0 saturated carbocycles. The predicted octanol–water partition coefficient (Wildman–Crippen LogP) is 2.37. The maximum Gasteiger partial charge on any atom is 0.433 e. The standard InChI is InChI=1S/C10H5F3N2/c11-10(12,13)9-7-8(4-6-15-9)3-1-2-5-14/h4,6-7H,2H2. The zero-order chi connectivity index (χ0) is 11.3. The van der Waals surface area contributed by atoms with Crippen LogP contribution in [0, 0.1) is 23.2 Å². The topological polar surface area (TPSA) is 36.7 Å². The third-order valence-electron chi connectivity index (χ3n) is 1.45. The van der Waals surface area contributed by atoms with E-state index in [1.165, 1.54) is 6.07 Å². The third kappa shape index (κ3) is 3.32. The minimum atomic E-state index is -4.47.